The number of anilines is 1. The van der Waals surface area contributed by atoms with Crippen molar-refractivity contribution in [1.29, 1.82) is 5.26 Å². The van der Waals surface area contributed by atoms with Crippen molar-refractivity contribution in [2.24, 2.45) is 0 Å². The molecule has 1 fully saturated rings. The van der Waals surface area contributed by atoms with E-state index in [0.717, 1.165) is 41.7 Å². The van der Waals surface area contributed by atoms with Gasteiger partial charge in [-0.2, -0.15) is 5.26 Å². The third-order valence-corrected chi connectivity index (χ3v) is 6.73. The minimum absolute atomic E-state index is 0.0158. The van der Waals surface area contributed by atoms with Gasteiger partial charge in [-0.25, -0.2) is 4.79 Å². The van der Waals surface area contributed by atoms with E-state index >= 15 is 0 Å². The molecule has 0 unspecified atom stereocenters. The van der Waals surface area contributed by atoms with Gasteiger partial charge in [-0.1, -0.05) is 12.5 Å². The highest BCUT2D eigenvalue weighted by molar-refractivity contribution is 7.16. The molecule has 7 nitrogen and oxygen atoms in total. The van der Waals surface area contributed by atoms with Crippen molar-refractivity contribution < 1.29 is 14.3 Å². The highest BCUT2D eigenvalue weighted by Crippen LogP contribution is 2.37. The summed E-state index contributed by atoms with van der Waals surface area (Å²) in [6, 6.07) is 5.86. The lowest BCUT2D eigenvalue weighted by Gasteiger charge is -2.29. The molecule has 0 spiro atoms. The predicted octanol–water partition coefficient (Wildman–Crippen LogP) is 4.49. The lowest BCUT2D eigenvalue weighted by Crippen LogP contribution is -2.38. The highest BCUT2D eigenvalue weighted by atomic mass is 32.1. The first-order chi connectivity index (χ1) is 15.1. The number of nitrogens with zero attached hydrogens (tertiary/aromatic N) is 3. The number of hydrogen-bond donors (Lipinski definition) is 1. The Morgan fingerprint density at radius 2 is 2.16 bits per heavy atom. The fourth-order valence-electron chi connectivity index (χ4n) is 3.97. The summed E-state index contributed by atoms with van der Waals surface area (Å²) in [7, 11) is 0. The van der Waals surface area contributed by atoms with Crippen LogP contribution in [0.5, 0.6) is 0 Å². The Morgan fingerprint density at radius 1 is 1.32 bits per heavy atom. The zero-order valence-electron chi connectivity index (χ0n) is 17.2. The largest absolute Gasteiger partial charge is 0.446 e. The Balaban J connectivity index is 1.42. The van der Waals surface area contributed by atoms with E-state index in [1.54, 1.807) is 29.4 Å². The molecule has 0 bridgehead atoms. The number of rotatable bonds is 4. The average Bonchev–Trinajstić information content (AvgIpc) is 3.15. The number of thiophene rings is 1. The normalized spacial score (nSPS) is 16.5. The number of aromatic nitrogens is 1. The standard InChI is InChI=1S/C23H24N4O3S/c24-13-19-18-10-12-27(23(29)30-17-6-2-1-3-7-17)15-20(18)31-22(19)26-21(28)9-8-16-5-4-11-25-14-16/h4-5,8-9,11,14,17H,1-3,6-7,10,12,15H2,(H,26,28)/b9-8+. The number of amides is 2. The van der Waals surface area contributed by atoms with Crippen LogP contribution in [0, 0.1) is 11.3 Å². The van der Waals surface area contributed by atoms with E-state index in [0.29, 0.717) is 30.1 Å². The Hall–Kier alpha value is -3.18. The SMILES string of the molecule is N#Cc1c(NC(=O)/C=C/c2cccnc2)sc2c1CCN(C(=O)OC1CCCCC1)C2. The first kappa shape index (κ1) is 21.1. The Labute approximate surface area is 185 Å². The maximum atomic E-state index is 12.6. The Morgan fingerprint density at radius 3 is 2.90 bits per heavy atom. The smallest absolute Gasteiger partial charge is 0.410 e. The number of nitrogens with one attached hydrogen (secondary N) is 1. The molecular weight excluding hydrogens is 412 g/mol. The summed E-state index contributed by atoms with van der Waals surface area (Å²) < 4.78 is 5.69. The van der Waals surface area contributed by atoms with Gasteiger partial charge in [0.25, 0.3) is 0 Å². The van der Waals surface area contributed by atoms with Gasteiger partial charge in [0.05, 0.1) is 12.1 Å². The highest BCUT2D eigenvalue weighted by Gasteiger charge is 2.29. The summed E-state index contributed by atoms with van der Waals surface area (Å²) in [6.45, 7) is 0.917. The van der Waals surface area contributed by atoms with E-state index in [4.69, 9.17) is 4.74 Å². The van der Waals surface area contributed by atoms with E-state index in [2.05, 4.69) is 16.4 Å². The van der Waals surface area contributed by atoms with E-state index in [-0.39, 0.29) is 18.1 Å². The molecule has 31 heavy (non-hydrogen) atoms. The van der Waals surface area contributed by atoms with Gasteiger partial charge in [0.15, 0.2) is 0 Å². The van der Waals surface area contributed by atoms with Crippen molar-refractivity contribution in [3.05, 3.63) is 52.2 Å². The first-order valence-corrected chi connectivity index (χ1v) is 11.3. The topological polar surface area (TPSA) is 95.3 Å². The third kappa shape index (κ3) is 5.12. The molecule has 3 heterocycles. The van der Waals surface area contributed by atoms with Crippen LogP contribution < -0.4 is 5.32 Å². The van der Waals surface area contributed by atoms with E-state index in [1.165, 1.54) is 23.8 Å². The summed E-state index contributed by atoms with van der Waals surface area (Å²) in [6.07, 6.45) is 12.0. The van der Waals surface area contributed by atoms with Crippen LogP contribution >= 0.6 is 11.3 Å². The van der Waals surface area contributed by atoms with Crippen molar-refractivity contribution in [3.63, 3.8) is 0 Å². The van der Waals surface area contributed by atoms with Crippen LogP contribution in [0.4, 0.5) is 9.80 Å². The maximum Gasteiger partial charge on any atom is 0.410 e. The van der Waals surface area contributed by atoms with Gasteiger partial charge in [0.2, 0.25) is 5.91 Å². The summed E-state index contributed by atoms with van der Waals surface area (Å²) in [5.41, 5.74) is 2.22. The van der Waals surface area contributed by atoms with Gasteiger partial charge >= 0.3 is 6.09 Å². The second kappa shape index (κ2) is 9.75. The molecule has 0 radical (unpaired) electrons. The third-order valence-electron chi connectivity index (χ3n) is 5.59. The minimum Gasteiger partial charge on any atom is -0.446 e. The minimum atomic E-state index is -0.312. The molecule has 1 N–H and O–H groups in total. The van der Waals surface area contributed by atoms with Crippen molar-refractivity contribution in [2.45, 2.75) is 51.2 Å². The summed E-state index contributed by atoms with van der Waals surface area (Å²) in [5.74, 6) is -0.312. The molecule has 1 aliphatic heterocycles. The van der Waals surface area contributed by atoms with Crippen LogP contribution in [-0.2, 0) is 22.5 Å². The van der Waals surface area contributed by atoms with Gasteiger partial charge in [0, 0.05) is 29.9 Å². The molecule has 160 valence electrons. The number of carbonyl (C=O) groups is 2. The number of nitriles is 1. The average molecular weight is 437 g/mol. The summed E-state index contributed by atoms with van der Waals surface area (Å²) in [4.78, 5) is 31.6. The number of pyridine rings is 1. The zero-order chi connectivity index (χ0) is 21.6. The molecule has 8 heteroatoms. The van der Waals surface area contributed by atoms with E-state index in [9.17, 15) is 14.9 Å². The van der Waals surface area contributed by atoms with Crippen molar-refractivity contribution in [3.8, 4) is 6.07 Å². The molecule has 2 aromatic heterocycles. The molecule has 1 aliphatic carbocycles. The first-order valence-electron chi connectivity index (χ1n) is 10.5. The van der Waals surface area contributed by atoms with Crippen LogP contribution in [-0.4, -0.2) is 34.5 Å². The van der Waals surface area contributed by atoms with Crippen LogP contribution in [0.15, 0.2) is 30.6 Å². The number of hydrogen-bond acceptors (Lipinski definition) is 6. The van der Waals surface area contributed by atoms with Crippen LogP contribution in [0.3, 0.4) is 0 Å². The maximum absolute atomic E-state index is 12.6. The molecule has 4 rings (SSSR count). The van der Waals surface area contributed by atoms with Crippen molar-refractivity contribution in [2.75, 3.05) is 11.9 Å². The lowest BCUT2D eigenvalue weighted by molar-refractivity contribution is -0.111. The van der Waals surface area contributed by atoms with Gasteiger partial charge in [-0.05, 0) is 55.4 Å². The summed E-state index contributed by atoms with van der Waals surface area (Å²) in [5, 5.41) is 13.0. The number of carbonyl (C=O) groups excluding carboxylic acids is 2. The molecule has 2 amide bonds. The molecule has 1 saturated carbocycles. The second-order valence-electron chi connectivity index (χ2n) is 7.74. The Kier molecular flexibility index (Phi) is 6.63. The molecule has 2 aliphatic rings. The molecule has 2 aromatic rings. The molecule has 0 atom stereocenters. The van der Waals surface area contributed by atoms with Crippen molar-refractivity contribution >= 4 is 34.4 Å². The quantitative estimate of drug-likeness (QED) is 0.712. The van der Waals surface area contributed by atoms with Gasteiger partial charge in [0.1, 0.15) is 17.2 Å². The van der Waals surface area contributed by atoms with Crippen LogP contribution in [0.25, 0.3) is 6.08 Å². The fourth-order valence-corrected chi connectivity index (χ4v) is 5.18. The fraction of sp³-hybridized carbons (Fsp3) is 0.391. The zero-order valence-corrected chi connectivity index (χ0v) is 18.0. The van der Waals surface area contributed by atoms with Crippen LogP contribution in [0.2, 0.25) is 0 Å². The summed E-state index contributed by atoms with van der Waals surface area (Å²) >= 11 is 1.35. The number of fused-ring (bicyclic) bond motifs is 1. The molecule has 0 aromatic carbocycles. The number of ether oxygens (including phenoxy) is 1. The second-order valence-corrected chi connectivity index (χ2v) is 8.85. The Bertz CT molecular complexity index is 1020. The van der Waals surface area contributed by atoms with E-state index in [1.807, 2.05) is 6.07 Å². The lowest BCUT2D eigenvalue weighted by atomic mass is 9.98. The van der Waals surface area contributed by atoms with Crippen molar-refractivity contribution in [1.82, 2.24) is 9.88 Å². The van der Waals surface area contributed by atoms with Gasteiger partial charge in [-0.15, -0.1) is 11.3 Å². The molecule has 0 saturated heterocycles. The van der Waals surface area contributed by atoms with Gasteiger partial charge in [-0.3, -0.25) is 9.78 Å². The molecular formula is C23H24N4O3S. The van der Waals surface area contributed by atoms with E-state index < -0.39 is 0 Å². The predicted molar refractivity (Wildman–Crippen MR) is 118 cm³/mol. The van der Waals surface area contributed by atoms with Gasteiger partial charge < -0.3 is 15.0 Å². The monoisotopic (exact) mass is 436 g/mol. The van der Waals surface area contributed by atoms with Crippen LogP contribution in [0.1, 0.15) is 53.7 Å².